The predicted octanol–water partition coefficient (Wildman–Crippen LogP) is 6.36. The van der Waals surface area contributed by atoms with Crippen molar-refractivity contribution in [2.45, 2.75) is 77.0 Å². The molecular weight excluding hydrogens is 509 g/mol. The molecule has 0 bridgehead atoms. The number of benzene rings is 2. The summed E-state index contributed by atoms with van der Waals surface area (Å²) < 4.78 is 36.2. The Morgan fingerprint density at radius 3 is 2.36 bits per heavy atom. The van der Waals surface area contributed by atoms with Gasteiger partial charge < -0.3 is 10.1 Å². The Bertz CT molecular complexity index is 1240. The fraction of sp³-hybridized carbons (Fsp3) is 0.481. The van der Waals surface area contributed by atoms with E-state index in [1.54, 1.807) is 26.8 Å². The fourth-order valence-corrected chi connectivity index (χ4v) is 5.85. The molecule has 9 heteroatoms. The molecule has 1 amide bonds. The fourth-order valence-electron chi connectivity index (χ4n) is 5.51. The first-order valence-corrected chi connectivity index (χ1v) is 12.6. The number of hydrogen-bond donors (Lipinski definition) is 2. The van der Waals surface area contributed by atoms with Crippen molar-refractivity contribution in [2.24, 2.45) is 5.41 Å². The van der Waals surface area contributed by atoms with Gasteiger partial charge in [-0.2, -0.15) is 0 Å². The Hall–Kier alpha value is -2.22. The molecule has 2 heterocycles. The lowest BCUT2D eigenvalue weighted by Gasteiger charge is -2.37. The highest BCUT2D eigenvalue weighted by Gasteiger charge is 2.67. The van der Waals surface area contributed by atoms with E-state index < -0.39 is 52.5 Å². The number of anilines is 1. The third kappa shape index (κ3) is 4.50. The van der Waals surface area contributed by atoms with Crippen LogP contribution in [-0.4, -0.2) is 29.6 Å². The number of hydrogen-bond acceptors (Lipinski definition) is 4. The summed E-state index contributed by atoms with van der Waals surface area (Å²) in [6.07, 6.45) is 0.419. The Morgan fingerprint density at radius 1 is 1.08 bits per heavy atom. The molecule has 2 N–H and O–H groups in total. The largest absolute Gasteiger partial charge is 0.459 e. The summed E-state index contributed by atoms with van der Waals surface area (Å²) in [6.45, 7) is 11.2. The second kappa shape index (κ2) is 8.96. The van der Waals surface area contributed by atoms with Crippen LogP contribution in [0.4, 0.5) is 14.5 Å². The van der Waals surface area contributed by atoms with Crippen LogP contribution in [0.2, 0.25) is 10.0 Å². The van der Waals surface area contributed by atoms with Crippen molar-refractivity contribution < 1.29 is 23.1 Å². The van der Waals surface area contributed by atoms with Gasteiger partial charge in [0.25, 0.3) is 0 Å². The first kappa shape index (κ1) is 26.8. The summed E-state index contributed by atoms with van der Waals surface area (Å²) >= 11 is 12.2. The normalized spacial score (nSPS) is 25.7. The third-order valence-electron chi connectivity index (χ3n) is 6.68. The lowest BCUT2D eigenvalue weighted by molar-refractivity contribution is -0.157. The summed E-state index contributed by atoms with van der Waals surface area (Å²) in [5.74, 6) is -3.66. The van der Waals surface area contributed by atoms with Crippen LogP contribution in [0.5, 0.6) is 0 Å². The van der Waals surface area contributed by atoms with Crippen molar-refractivity contribution in [3.05, 3.63) is 63.1 Å². The lowest BCUT2D eigenvalue weighted by atomic mass is 9.62. The van der Waals surface area contributed by atoms with Crippen LogP contribution in [0.25, 0.3) is 0 Å². The van der Waals surface area contributed by atoms with Crippen molar-refractivity contribution in [1.82, 2.24) is 5.32 Å². The Labute approximate surface area is 219 Å². The molecule has 2 aromatic rings. The summed E-state index contributed by atoms with van der Waals surface area (Å²) in [6, 6.07) is 5.24. The van der Waals surface area contributed by atoms with Gasteiger partial charge in [-0.15, -0.1) is 0 Å². The molecule has 1 spiro atoms. The first-order chi connectivity index (χ1) is 16.6. The van der Waals surface area contributed by atoms with Gasteiger partial charge in [-0.05, 0) is 61.9 Å². The average Bonchev–Trinajstić information content (AvgIpc) is 3.19. The average molecular weight is 539 g/mol. The quantitative estimate of drug-likeness (QED) is 0.446. The van der Waals surface area contributed by atoms with Gasteiger partial charge in [0, 0.05) is 17.6 Å². The number of fused-ring (bicyclic) bond motifs is 2. The number of nitrogens with one attached hydrogen (secondary N) is 2. The van der Waals surface area contributed by atoms with E-state index >= 15 is 4.39 Å². The number of amides is 1. The number of halogens is 4. The van der Waals surface area contributed by atoms with Gasteiger partial charge in [0.2, 0.25) is 5.91 Å². The van der Waals surface area contributed by atoms with Gasteiger partial charge in [-0.25, -0.2) is 8.78 Å². The number of esters is 1. The van der Waals surface area contributed by atoms with Crippen molar-refractivity contribution >= 4 is 40.8 Å². The van der Waals surface area contributed by atoms with Crippen LogP contribution >= 0.6 is 23.2 Å². The summed E-state index contributed by atoms with van der Waals surface area (Å²) in [5.41, 5.74) is -1.97. The van der Waals surface area contributed by atoms with Gasteiger partial charge in [0.1, 0.15) is 28.7 Å². The number of carbonyl (C=O) groups is 2. The van der Waals surface area contributed by atoms with Crippen LogP contribution in [-0.2, 0) is 19.7 Å². The van der Waals surface area contributed by atoms with Gasteiger partial charge in [-0.3, -0.25) is 14.9 Å². The molecular formula is C27H30Cl2F2N2O3. The number of carbonyl (C=O) groups excluding carboxylic acids is 2. The van der Waals surface area contributed by atoms with Gasteiger partial charge >= 0.3 is 5.97 Å². The van der Waals surface area contributed by atoms with E-state index in [0.717, 1.165) is 0 Å². The smallest absolute Gasteiger partial charge is 0.324 e. The Kier molecular flexibility index (Phi) is 6.68. The zero-order valence-corrected chi connectivity index (χ0v) is 22.6. The van der Waals surface area contributed by atoms with Crippen LogP contribution < -0.4 is 10.6 Å². The molecule has 36 heavy (non-hydrogen) atoms. The molecule has 4 atom stereocenters. The highest BCUT2D eigenvalue weighted by Crippen LogP contribution is 2.57. The minimum Gasteiger partial charge on any atom is -0.459 e. The third-order valence-corrected chi connectivity index (χ3v) is 7.26. The maximum Gasteiger partial charge on any atom is 0.324 e. The molecule has 2 aromatic carbocycles. The van der Waals surface area contributed by atoms with Crippen LogP contribution in [0.3, 0.4) is 0 Å². The van der Waals surface area contributed by atoms with Crippen LogP contribution in [0.1, 0.15) is 65.0 Å². The predicted molar refractivity (Wildman–Crippen MR) is 136 cm³/mol. The van der Waals surface area contributed by atoms with E-state index in [4.69, 9.17) is 27.9 Å². The number of ether oxygens (including phenoxy) is 1. The molecule has 0 aliphatic carbocycles. The standard InChI is InChI=1S/C27H30Cl2F2N2O3/c1-25(2,3)12-19-27(14-10-17(30)16(29)11-18(14)32-24(27)35)20(13-8-7-9-15(28)21(13)31)22(33-19)23(34)36-26(4,5)6/h7-11,19-20,22,33H,12H2,1-6H3,(H,32,35). The summed E-state index contributed by atoms with van der Waals surface area (Å²) in [5, 5.41) is 5.82. The maximum atomic E-state index is 15.6. The van der Waals surface area contributed by atoms with E-state index in [9.17, 15) is 14.0 Å². The van der Waals surface area contributed by atoms with Crippen molar-refractivity contribution in [1.29, 1.82) is 0 Å². The molecule has 2 aliphatic rings. The van der Waals surface area contributed by atoms with Crippen LogP contribution in [0.15, 0.2) is 30.3 Å². The highest BCUT2D eigenvalue weighted by atomic mass is 35.5. The number of rotatable bonds is 3. The molecule has 2 aliphatic heterocycles. The van der Waals surface area contributed by atoms with Crippen molar-refractivity contribution in [3.63, 3.8) is 0 Å². The molecule has 1 saturated heterocycles. The topological polar surface area (TPSA) is 67.4 Å². The van der Waals surface area contributed by atoms with Gasteiger partial charge in [0.15, 0.2) is 0 Å². The second-order valence-corrected chi connectivity index (χ2v) is 12.6. The minimum atomic E-state index is -1.54. The van der Waals surface area contributed by atoms with Crippen molar-refractivity contribution in [3.8, 4) is 0 Å². The SMILES string of the molecule is CC(C)(C)CC1NC(C(=O)OC(C)(C)C)C(c2cccc(Cl)c2F)C12C(=O)Nc1cc(Cl)c(F)cc12. The van der Waals surface area contributed by atoms with E-state index in [2.05, 4.69) is 10.6 Å². The molecule has 4 unspecified atom stereocenters. The molecule has 0 aromatic heterocycles. The zero-order valence-electron chi connectivity index (χ0n) is 21.1. The molecule has 5 nitrogen and oxygen atoms in total. The van der Waals surface area contributed by atoms with E-state index in [1.165, 1.54) is 24.3 Å². The molecule has 0 radical (unpaired) electrons. The van der Waals surface area contributed by atoms with Crippen molar-refractivity contribution in [2.75, 3.05) is 5.32 Å². The Morgan fingerprint density at radius 2 is 1.75 bits per heavy atom. The molecule has 4 rings (SSSR count). The first-order valence-electron chi connectivity index (χ1n) is 11.8. The second-order valence-electron chi connectivity index (χ2n) is 11.8. The van der Waals surface area contributed by atoms with E-state index in [1.807, 2.05) is 20.8 Å². The van der Waals surface area contributed by atoms with Gasteiger partial charge in [0.05, 0.1) is 10.0 Å². The zero-order chi connectivity index (χ0) is 26.8. The van der Waals surface area contributed by atoms with Gasteiger partial charge in [-0.1, -0.05) is 56.1 Å². The van der Waals surface area contributed by atoms with Crippen LogP contribution in [0, 0.1) is 17.0 Å². The maximum absolute atomic E-state index is 15.6. The molecule has 194 valence electrons. The molecule has 0 saturated carbocycles. The summed E-state index contributed by atoms with van der Waals surface area (Å²) in [4.78, 5) is 27.5. The van der Waals surface area contributed by atoms with E-state index in [0.29, 0.717) is 17.7 Å². The lowest BCUT2D eigenvalue weighted by Crippen LogP contribution is -2.49. The van der Waals surface area contributed by atoms with E-state index in [-0.39, 0.29) is 21.0 Å². The minimum absolute atomic E-state index is 0.0700. The monoisotopic (exact) mass is 538 g/mol. The molecule has 1 fully saturated rings. The highest BCUT2D eigenvalue weighted by molar-refractivity contribution is 6.31. The Balaban J connectivity index is 2.04. The summed E-state index contributed by atoms with van der Waals surface area (Å²) in [7, 11) is 0.